The van der Waals surface area contributed by atoms with Gasteiger partial charge in [0.25, 0.3) is 11.8 Å². The molecule has 0 saturated carbocycles. The SMILES string of the molecule is CCCN1c2cc(Cl)c(/C=C3/C(=O)NC(=O)N(c4ccc(CC)cc4)C3=O)cc2C(C)CC1(C)C. The van der Waals surface area contributed by atoms with Crippen molar-refractivity contribution in [3.63, 3.8) is 0 Å². The summed E-state index contributed by atoms with van der Waals surface area (Å²) in [6.45, 7) is 11.8. The molecule has 1 saturated heterocycles. The zero-order chi connectivity index (χ0) is 25.5. The number of fused-ring (bicyclic) bond motifs is 1. The number of halogens is 1. The molecule has 184 valence electrons. The van der Waals surface area contributed by atoms with Gasteiger partial charge in [0.1, 0.15) is 5.57 Å². The molecule has 0 aliphatic carbocycles. The summed E-state index contributed by atoms with van der Waals surface area (Å²) in [5, 5.41) is 2.75. The molecular weight excluding hydrogens is 462 g/mol. The number of urea groups is 1. The van der Waals surface area contributed by atoms with Crippen LogP contribution < -0.4 is 15.1 Å². The van der Waals surface area contributed by atoms with Crippen molar-refractivity contribution in [2.75, 3.05) is 16.3 Å². The maximum absolute atomic E-state index is 13.3. The van der Waals surface area contributed by atoms with Gasteiger partial charge < -0.3 is 4.90 Å². The number of hydrogen-bond donors (Lipinski definition) is 1. The van der Waals surface area contributed by atoms with Gasteiger partial charge in [0.15, 0.2) is 0 Å². The highest BCUT2D eigenvalue weighted by Gasteiger charge is 2.38. The number of aryl methyl sites for hydroxylation is 1. The third kappa shape index (κ3) is 4.59. The maximum atomic E-state index is 13.3. The molecule has 1 unspecified atom stereocenters. The molecule has 0 aromatic heterocycles. The van der Waals surface area contributed by atoms with Gasteiger partial charge >= 0.3 is 6.03 Å². The topological polar surface area (TPSA) is 69.7 Å². The van der Waals surface area contributed by atoms with Crippen LogP contribution in [0.3, 0.4) is 0 Å². The highest BCUT2D eigenvalue weighted by molar-refractivity contribution is 6.40. The van der Waals surface area contributed by atoms with Crippen molar-refractivity contribution < 1.29 is 14.4 Å². The van der Waals surface area contributed by atoms with Gasteiger partial charge in [-0.2, -0.15) is 0 Å². The van der Waals surface area contributed by atoms with Crippen molar-refractivity contribution in [2.45, 2.75) is 65.3 Å². The van der Waals surface area contributed by atoms with Crippen LogP contribution in [0.15, 0.2) is 42.0 Å². The van der Waals surface area contributed by atoms with Crippen molar-refractivity contribution in [1.82, 2.24) is 5.32 Å². The van der Waals surface area contributed by atoms with Crippen LogP contribution in [0.25, 0.3) is 6.08 Å². The number of amides is 4. The Balaban J connectivity index is 1.75. The van der Waals surface area contributed by atoms with Crippen molar-refractivity contribution in [3.05, 3.63) is 63.7 Å². The summed E-state index contributed by atoms with van der Waals surface area (Å²) in [5.41, 5.74) is 4.18. The second kappa shape index (κ2) is 9.50. The van der Waals surface area contributed by atoms with E-state index < -0.39 is 17.8 Å². The summed E-state index contributed by atoms with van der Waals surface area (Å²) in [7, 11) is 0. The lowest BCUT2D eigenvalue weighted by Crippen LogP contribution is -2.54. The summed E-state index contributed by atoms with van der Waals surface area (Å²) in [6, 6.07) is 10.3. The third-order valence-corrected chi connectivity index (χ3v) is 7.28. The predicted octanol–water partition coefficient (Wildman–Crippen LogP) is 6.07. The van der Waals surface area contributed by atoms with Crippen LogP contribution in [0.5, 0.6) is 0 Å². The minimum absolute atomic E-state index is 0.000847. The maximum Gasteiger partial charge on any atom is 0.335 e. The molecule has 2 aliphatic heterocycles. The predicted molar refractivity (Wildman–Crippen MR) is 141 cm³/mol. The number of imide groups is 2. The van der Waals surface area contributed by atoms with E-state index in [0.29, 0.717) is 16.3 Å². The summed E-state index contributed by atoms with van der Waals surface area (Å²) < 4.78 is 0. The van der Waals surface area contributed by atoms with Crippen LogP contribution >= 0.6 is 11.6 Å². The monoisotopic (exact) mass is 493 g/mol. The minimum atomic E-state index is -0.760. The molecule has 4 rings (SSSR count). The Hall–Kier alpha value is -3.12. The first-order valence-electron chi connectivity index (χ1n) is 12.2. The van der Waals surface area contributed by atoms with E-state index in [1.54, 1.807) is 12.1 Å². The third-order valence-electron chi connectivity index (χ3n) is 6.96. The highest BCUT2D eigenvalue weighted by Crippen LogP contribution is 2.45. The van der Waals surface area contributed by atoms with E-state index in [1.165, 1.54) is 6.08 Å². The van der Waals surface area contributed by atoms with E-state index in [2.05, 4.69) is 37.9 Å². The second-order valence-corrected chi connectivity index (χ2v) is 10.4. The fourth-order valence-electron chi connectivity index (χ4n) is 5.21. The number of hydrogen-bond acceptors (Lipinski definition) is 4. The van der Waals surface area contributed by atoms with Crippen LogP contribution in [0, 0.1) is 0 Å². The van der Waals surface area contributed by atoms with Gasteiger partial charge in [0, 0.05) is 22.8 Å². The number of carbonyl (C=O) groups excluding carboxylic acids is 3. The normalized spacial score (nSPS) is 20.8. The first-order chi connectivity index (χ1) is 16.6. The zero-order valence-corrected chi connectivity index (χ0v) is 21.7. The Labute approximate surface area is 211 Å². The summed E-state index contributed by atoms with van der Waals surface area (Å²) in [4.78, 5) is 41.9. The molecule has 2 aromatic rings. The average molecular weight is 494 g/mol. The lowest BCUT2D eigenvalue weighted by Gasteiger charge is -2.47. The lowest BCUT2D eigenvalue weighted by molar-refractivity contribution is -0.122. The zero-order valence-electron chi connectivity index (χ0n) is 20.9. The van der Waals surface area contributed by atoms with Gasteiger partial charge in [-0.25, -0.2) is 9.69 Å². The van der Waals surface area contributed by atoms with Crippen LogP contribution in [-0.2, 0) is 16.0 Å². The fraction of sp³-hybridized carbons (Fsp3) is 0.393. The Morgan fingerprint density at radius 2 is 1.80 bits per heavy atom. The number of anilines is 2. The highest BCUT2D eigenvalue weighted by atomic mass is 35.5. The Bertz CT molecular complexity index is 1220. The largest absolute Gasteiger partial charge is 0.366 e. The molecule has 0 bridgehead atoms. The van der Waals surface area contributed by atoms with E-state index in [-0.39, 0.29) is 17.0 Å². The van der Waals surface area contributed by atoms with E-state index in [1.807, 2.05) is 31.2 Å². The molecule has 2 aliphatic rings. The Morgan fingerprint density at radius 3 is 2.43 bits per heavy atom. The van der Waals surface area contributed by atoms with Crippen LogP contribution in [0.2, 0.25) is 5.02 Å². The van der Waals surface area contributed by atoms with Gasteiger partial charge in [-0.3, -0.25) is 14.9 Å². The number of rotatable bonds is 5. The molecule has 2 aromatic carbocycles. The number of nitrogens with zero attached hydrogens (tertiary/aromatic N) is 2. The van der Waals surface area contributed by atoms with Crippen molar-refractivity contribution in [3.8, 4) is 0 Å². The van der Waals surface area contributed by atoms with Crippen molar-refractivity contribution in [1.29, 1.82) is 0 Å². The number of carbonyl (C=O) groups is 3. The van der Waals surface area contributed by atoms with Gasteiger partial charge in [-0.15, -0.1) is 0 Å². The number of nitrogens with one attached hydrogen (secondary N) is 1. The van der Waals surface area contributed by atoms with Crippen LogP contribution in [0.1, 0.15) is 70.1 Å². The molecule has 35 heavy (non-hydrogen) atoms. The summed E-state index contributed by atoms with van der Waals surface area (Å²) >= 11 is 6.70. The quantitative estimate of drug-likeness (QED) is 0.405. The Kier molecular flexibility index (Phi) is 6.78. The first kappa shape index (κ1) is 25.0. The van der Waals surface area contributed by atoms with E-state index >= 15 is 0 Å². The number of benzene rings is 2. The molecule has 7 heteroatoms. The standard InChI is InChI=1S/C28H32ClN3O3/c1-6-12-31-24-15-23(29)19(13-21(24)17(3)16-28(31,4)5)14-22-25(33)30-27(35)32(26(22)34)20-10-8-18(7-2)9-11-20/h8-11,13-15,17H,6-7,12,16H2,1-5H3,(H,30,33,35)/b22-14-. The molecule has 1 fully saturated rings. The van der Waals surface area contributed by atoms with Gasteiger partial charge in [0.05, 0.1) is 5.69 Å². The molecular formula is C28H32ClN3O3. The van der Waals surface area contributed by atoms with Gasteiger partial charge in [0.2, 0.25) is 0 Å². The molecule has 0 spiro atoms. The minimum Gasteiger partial charge on any atom is -0.366 e. The van der Waals surface area contributed by atoms with Crippen LogP contribution in [0.4, 0.5) is 16.2 Å². The van der Waals surface area contributed by atoms with Crippen molar-refractivity contribution >= 4 is 46.9 Å². The van der Waals surface area contributed by atoms with Crippen molar-refractivity contribution in [2.24, 2.45) is 0 Å². The first-order valence-corrected chi connectivity index (χ1v) is 12.6. The Morgan fingerprint density at radius 1 is 1.11 bits per heavy atom. The average Bonchev–Trinajstić information content (AvgIpc) is 2.80. The molecule has 0 radical (unpaired) electrons. The lowest BCUT2D eigenvalue weighted by atomic mass is 9.79. The van der Waals surface area contributed by atoms with Gasteiger partial charge in [-0.1, -0.05) is 44.5 Å². The van der Waals surface area contributed by atoms with Gasteiger partial charge in [-0.05, 0) is 86.1 Å². The molecule has 4 amide bonds. The second-order valence-electron chi connectivity index (χ2n) is 9.98. The van der Waals surface area contributed by atoms with E-state index in [4.69, 9.17) is 11.6 Å². The number of barbiturate groups is 1. The van der Waals surface area contributed by atoms with E-state index in [0.717, 1.165) is 47.5 Å². The fourth-order valence-corrected chi connectivity index (χ4v) is 5.42. The summed E-state index contributed by atoms with van der Waals surface area (Å²) in [5.74, 6) is -1.11. The van der Waals surface area contributed by atoms with Crippen LogP contribution in [-0.4, -0.2) is 29.9 Å². The van der Waals surface area contributed by atoms with E-state index in [9.17, 15) is 14.4 Å². The summed E-state index contributed by atoms with van der Waals surface area (Å²) in [6.07, 6.45) is 4.33. The molecule has 6 nitrogen and oxygen atoms in total. The smallest absolute Gasteiger partial charge is 0.335 e. The molecule has 1 atom stereocenters. The molecule has 1 N–H and O–H groups in total. The molecule has 2 heterocycles.